The largest absolute Gasteiger partial charge is 0.378 e. The molecule has 3 nitrogen and oxygen atoms in total. The third-order valence-electron chi connectivity index (χ3n) is 3.08. The van der Waals surface area contributed by atoms with Crippen LogP contribution < -0.4 is 0 Å². The minimum absolute atomic E-state index is 0.324. The van der Waals surface area contributed by atoms with Crippen LogP contribution in [0.3, 0.4) is 0 Å². The predicted molar refractivity (Wildman–Crippen MR) is 66.2 cm³/mol. The van der Waals surface area contributed by atoms with Gasteiger partial charge in [0.05, 0.1) is 6.10 Å². The maximum Gasteiger partial charge on any atom is 0.133 e. The van der Waals surface area contributed by atoms with E-state index in [1.807, 2.05) is 0 Å². The quantitative estimate of drug-likeness (QED) is 0.823. The Labute approximate surface area is 101 Å². The van der Waals surface area contributed by atoms with E-state index in [0.29, 0.717) is 6.10 Å². The Morgan fingerprint density at radius 1 is 1.56 bits per heavy atom. The van der Waals surface area contributed by atoms with E-state index in [0.717, 1.165) is 54.0 Å². The van der Waals surface area contributed by atoms with Crippen molar-refractivity contribution in [2.45, 2.75) is 45.6 Å². The second-order valence-corrected chi connectivity index (χ2v) is 4.67. The maximum absolute atomic E-state index is 5.60. The average Bonchev–Trinajstić information content (AvgIpc) is 2.70. The first-order chi connectivity index (χ1) is 7.70. The van der Waals surface area contributed by atoms with Gasteiger partial charge in [0, 0.05) is 24.3 Å². The van der Waals surface area contributed by atoms with Crippen molar-refractivity contribution in [2.24, 2.45) is 0 Å². The van der Waals surface area contributed by atoms with Crippen LogP contribution in [0.4, 0.5) is 0 Å². The van der Waals surface area contributed by atoms with E-state index in [2.05, 4.69) is 23.8 Å². The molecule has 1 N–H and O–H groups in total. The standard InChI is InChI=1S/C12H18N2OS/c1-3-10-8(2)13-11(14-12(10)16)7-9-5-4-6-15-9/h9H,3-7H2,1-2H3,(H,13,14,16). The van der Waals surface area contributed by atoms with Crippen molar-refractivity contribution >= 4 is 12.2 Å². The van der Waals surface area contributed by atoms with Gasteiger partial charge in [0.25, 0.3) is 0 Å². The average molecular weight is 238 g/mol. The van der Waals surface area contributed by atoms with Gasteiger partial charge in [-0.05, 0) is 26.2 Å². The summed E-state index contributed by atoms with van der Waals surface area (Å²) in [4.78, 5) is 7.78. The lowest BCUT2D eigenvalue weighted by Gasteiger charge is -2.11. The summed E-state index contributed by atoms with van der Waals surface area (Å²) in [5.41, 5.74) is 2.31. The first kappa shape index (κ1) is 11.7. The van der Waals surface area contributed by atoms with Gasteiger partial charge in [0.15, 0.2) is 0 Å². The van der Waals surface area contributed by atoms with Gasteiger partial charge in [-0.2, -0.15) is 0 Å². The molecule has 0 aromatic carbocycles. The van der Waals surface area contributed by atoms with Gasteiger partial charge in [-0.3, -0.25) is 0 Å². The Bertz CT molecular complexity index is 422. The van der Waals surface area contributed by atoms with E-state index < -0.39 is 0 Å². The number of nitrogens with zero attached hydrogens (tertiary/aromatic N) is 1. The van der Waals surface area contributed by atoms with Gasteiger partial charge in [-0.25, -0.2) is 4.98 Å². The van der Waals surface area contributed by atoms with Gasteiger partial charge in [0.2, 0.25) is 0 Å². The number of aromatic nitrogens is 2. The topological polar surface area (TPSA) is 37.9 Å². The number of aryl methyl sites for hydroxylation is 1. The van der Waals surface area contributed by atoms with Crippen LogP contribution in [-0.4, -0.2) is 22.7 Å². The molecule has 1 fully saturated rings. The van der Waals surface area contributed by atoms with E-state index in [-0.39, 0.29) is 0 Å². The zero-order valence-corrected chi connectivity index (χ0v) is 10.7. The fourth-order valence-corrected chi connectivity index (χ4v) is 2.61. The van der Waals surface area contributed by atoms with E-state index in [4.69, 9.17) is 17.0 Å². The molecule has 0 aliphatic carbocycles. The molecule has 1 atom stereocenters. The molecule has 1 aromatic rings. The zero-order valence-electron chi connectivity index (χ0n) is 9.88. The lowest BCUT2D eigenvalue weighted by atomic mass is 10.1. The van der Waals surface area contributed by atoms with Gasteiger partial charge in [0.1, 0.15) is 10.5 Å². The minimum atomic E-state index is 0.324. The third-order valence-corrected chi connectivity index (χ3v) is 3.42. The number of aromatic amines is 1. The molecule has 1 unspecified atom stereocenters. The van der Waals surface area contributed by atoms with E-state index >= 15 is 0 Å². The summed E-state index contributed by atoms with van der Waals surface area (Å²) in [5, 5.41) is 0. The van der Waals surface area contributed by atoms with Crippen LogP contribution in [-0.2, 0) is 17.6 Å². The van der Waals surface area contributed by atoms with Gasteiger partial charge >= 0.3 is 0 Å². The second kappa shape index (κ2) is 5.06. The smallest absolute Gasteiger partial charge is 0.133 e. The van der Waals surface area contributed by atoms with Gasteiger partial charge in [-0.15, -0.1) is 0 Å². The summed E-state index contributed by atoms with van der Waals surface area (Å²) in [5.74, 6) is 0.964. The number of nitrogens with one attached hydrogen (secondary N) is 1. The SMILES string of the molecule is CCc1c(C)[nH]c(CC2CCCO2)nc1=S. The molecule has 88 valence electrons. The molecule has 2 rings (SSSR count). The van der Waals surface area contributed by atoms with Crippen LogP contribution in [0.15, 0.2) is 0 Å². The molecule has 1 saturated heterocycles. The zero-order chi connectivity index (χ0) is 11.5. The van der Waals surface area contributed by atoms with Crippen molar-refractivity contribution in [1.29, 1.82) is 0 Å². The van der Waals surface area contributed by atoms with Crippen molar-refractivity contribution in [1.82, 2.24) is 9.97 Å². The molecular weight excluding hydrogens is 220 g/mol. The number of ether oxygens (including phenoxy) is 1. The van der Waals surface area contributed by atoms with Crippen molar-refractivity contribution in [2.75, 3.05) is 6.61 Å². The molecular formula is C12H18N2OS. The van der Waals surface area contributed by atoms with Gasteiger partial charge < -0.3 is 9.72 Å². The van der Waals surface area contributed by atoms with Crippen LogP contribution in [0.2, 0.25) is 0 Å². The molecule has 0 amide bonds. The number of hydrogen-bond acceptors (Lipinski definition) is 3. The molecule has 1 aliphatic rings. The monoisotopic (exact) mass is 238 g/mol. The van der Waals surface area contributed by atoms with E-state index in [9.17, 15) is 0 Å². The highest BCUT2D eigenvalue weighted by atomic mass is 32.1. The minimum Gasteiger partial charge on any atom is -0.378 e. The van der Waals surface area contributed by atoms with E-state index in [1.165, 1.54) is 0 Å². The normalized spacial score (nSPS) is 20.2. The Balaban J connectivity index is 2.19. The molecule has 0 spiro atoms. The first-order valence-electron chi connectivity index (χ1n) is 5.91. The summed E-state index contributed by atoms with van der Waals surface area (Å²) in [6.45, 7) is 5.06. The molecule has 0 bridgehead atoms. The Morgan fingerprint density at radius 3 is 2.94 bits per heavy atom. The van der Waals surface area contributed by atoms with Crippen LogP contribution in [0.25, 0.3) is 0 Å². The fraction of sp³-hybridized carbons (Fsp3) is 0.667. The Hall–Kier alpha value is -0.740. The molecule has 1 aromatic heterocycles. The van der Waals surface area contributed by atoms with Crippen molar-refractivity contribution in [3.63, 3.8) is 0 Å². The summed E-state index contributed by atoms with van der Waals surface area (Å²) >= 11 is 5.30. The lowest BCUT2D eigenvalue weighted by molar-refractivity contribution is 0.110. The van der Waals surface area contributed by atoms with Crippen LogP contribution in [0, 0.1) is 11.6 Å². The first-order valence-corrected chi connectivity index (χ1v) is 6.31. The van der Waals surface area contributed by atoms with Crippen molar-refractivity contribution < 1.29 is 4.74 Å². The highest BCUT2D eigenvalue weighted by molar-refractivity contribution is 7.71. The van der Waals surface area contributed by atoms with Crippen LogP contribution in [0.1, 0.15) is 36.8 Å². The highest BCUT2D eigenvalue weighted by Gasteiger charge is 2.17. The molecule has 16 heavy (non-hydrogen) atoms. The van der Waals surface area contributed by atoms with Crippen LogP contribution in [0.5, 0.6) is 0 Å². The summed E-state index contributed by atoms with van der Waals surface area (Å²) in [6.07, 6.45) is 4.42. The van der Waals surface area contributed by atoms with Crippen molar-refractivity contribution in [3.05, 3.63) is 21.7 Å². The number of hydrogen-bond donors (Lipinski definition) is 1. The second-order valence-electron chi connectivity index (χ2n) is 4.28. The molecule has 0 saturated carbocycles. The Morgan fingerprint density at radius 2 is 2.38 bits per heavy atom. The predicted octanol–water partition coefficient (Wildman–Crippen LogP) is 2.73. The Kier molecular flexibility index (Phi) is 3.71. The lowest BCUT2D eigenvalue weighted by Crippen LogP contribution is -2.13. The fourth-order valence-electron chi connectivity index (χ4n) is 2.20. The van der Waals surface area contributed by atoms with Crippen LogP contribution >= 0.6 is 12.2 Å². The van der Waals surface area contributed by atoms with Crippen molar-refractivity contribution in [3.8, 4) is 0 Å². The molecule has 1 aliphatic heterocycles. The highest BCUT2D eigenvalue weighted by Crippen LogP contribution is 2.16. The summed E-state index contributed by atoms with van der Waals surface area (Å²) in [6, 6.07) is 0. The molecule has 2 heterocycles. The number of rotatable bonds is 3. The summed E-state index contributed by atoms with van der Waals surface area (Å²) in [7, 11) is 0. The van der Waals surface area contributed by atoms with Gasteiger partial charge in [-0.1, -0.05) is 19.1 Å². The molecule has 0 radical (unpaired) electrons. The van der Waals surface area contributed by atoms with E-state index in [1.54, 1.807) is 0 Å². The number of H-pyrrole nitrogens is 1. The summed E-state index contributed by atoms with van der Waals surface area (Å²) < 4.78 is 6.34. The maximum atomic E-state index is 5.60. The third kappa shape index (κ3) is 2.50. The molecule has 4 heteroatoms.